The van der Waals surface area contributed by atoms with Crippen LogP contribution in [0.2, 0.25) is 0 Å². The molecule has 0 atom stereocenters. The van der Waals surface area contributed by atoms with Gasteiger partial charge in [0, 0.05) is 5.56 Å². The lowest BCUT2D eigenvalue weighted by atomic mass is 10.2. The zero-order valence-electron chi connectivity index (χ0n) is 15.5. The Balaban J connectivity index is 1.61. The second-order valence-corrected chi connectivity index (χ2v) is 6.25. The van der Waals surface area contributed by atoms with E-state index in [2.05, 4.69) is 20.5 Å². The Morgan fingerprint density at radius 2 is 1.93 bits per heavy atom. The van der Waals surface area contributed by atoms with Gasteiger partial charge in [0.25, 0.3) is 5.91 Å². The van der Waals surface area contributed by atoms with E-state index in [0.717, 1.165) is 10.2 Å². The summed E-state index contributed by atoms with van der Waals surface area (Å²) >= 11 is 1.47. The average Bonchev–Trinajstić information content (AvgIpc) is 3.20. The first-order valence-electron chi connectivity index (χ1n) is 8.09. The molecule has 0 saturated carbocycles. The molecule has 0 unspecified atom stereocenters. The number of hydrogen-bond acceptors (Lipinski definition) is 9. The smallest absolute Gasteiger partial charge is 0.278 e. The Morgan fingerprint density at radius 1 is 1.18 bits per heavy atom. The van der Waals surface area contributed by atoms with Crippen LogP contribution in [0.4, 0.5) is 0 Å². The van der Waals surface area contributed by atoms with Crippen LogP contribution in [-0.2, 0) is 4.79 Å². The van der Waals surface area contributed by atoms with Crippen molar-refractivity contribution < 1.29 is 23.7 Å². The number of benzene rings is 1. The maximum atomic E-state index is 12.0. The fourth-order valence-electron chi connectivity index (χ4n) is 2.40. The lowest BCUT2D eigenvalue weighted by Crippen LogP contribution is -2.24. The van der Waals surface area contributed by atoms with E-state index in [-0.39, 0.29) is 6.61 Å². The molecule has 0 fully saturated rings. The van der Waals surface area contributed by atoms with Crippen LogP contribution in [0.25, 0.3) is 10.2 Å². The molecule has 0 bridgehead atoms. The first-order valence-corrected chi connectivity index (χ1v) is 8.97. The van der Waals surface area contributed by atoms with Gasteiger partial charge in [-0.25, -0.2) is 15.4 Å². The molecule has 1 amide bonds. The minimum atomic E-state index is -0.425. The van der Waals surface area contributed by atoms with E-state index in [1.54, 1.807) is 12.1 Å². The number of hydrazone groups is 1. The van der Waals surface area contributed by atoms with Crippen molar-refractivity contribution in [1.82, 2.24) is 15.4 Å². The van der Waals surface area contributed by atoms with Gasteiger partial charge in [-0.1, -0.05) is 0 Å². The van der Waals surface area contributed by atoms with Crippen LogP contribution in [0.1, 0.15) is 5.56 Å². The molecule has 1 aromatic carbocycles. The molecular weight excluding hydrogens is 384 g/mol. The van der Waals surface area contributed by atoms with Gasteiger partial charge in [0.1, 0.15) is 11.2 Å². The summed E-state index contributed by atoms with van der Waals surface area (Å²) in [4.78, 5) is 20.9. The van der Waals surface area contributed by atoms with Gasteiger partial charge in [-0.2, -0.15) is 5.10 Å². The molecule has 0 aliphatic heterocycles. The van der Waals surface area contributed by atoms with Crippen molar-refractivity contribution in [1.29, 1.82) is 0 Å². The lowest BCUT2D eigenvalue weighted by Gasteiger charge is -2.12. The standard InChI is InChI=1S/C18H18N4O5S/c1-24-13-6-11(7-14(25-2)16(13)26-3)8-21-22-15(23)9-27-17-12-4-5-28-18(12)20-10-19-17/h4-8,10H,9H2,1-3H3,(H,22,23)/b21-8+. The molecule has 3 aromatic rings. The fraction of sp³-hybridized carbons (Fsp3) is 0.222. The van der Waals surface area contributed by atoms with Gasteiger partial charge in [0.05, 0.1) is 32.9 Å². The summed E-state index contributed by atoms with van der Waals surface area (Å²) in [6, 6.07) is 5.26. The van der Waals surface area contributed by atoms with E-state index in [4.69, 9.17) is 18.9 Å². The number of thiophene rings is 1. The highest BCUT2D eigenvalue weighted by Gasteiger charge is 2.12. The Hall–Kier alpha value is -3.40. The Kier molecular flexibility index (Phi) is 6.22. The Bertz CT molecular complexity index is 980. The van der Waals surface area contributed by atoms with Crippen LogP contribution >= 0.6 is 11.3 Å². The summed E-state index contributed by atoms with van der Waals surface area (Å²) in [5.74, 6) is 1.38. The molecule has 146 valence electrons. The van der Waals surface area contributed by atoms with Crippen LogP contribution in [0.15, 0.2) is 35.0 Å². The number of rotatable bonds is 8. The third kappa shape index (κ3) is 4.29. The number of carbonyl (C=O) groups is 1. The first-order chi connectivity index (χ1) is 13.7. The van der Waals surface area contributed by atoms with Crippen molar-refractivity contribution in [3.05, 3.63) is 35.5 Å². The molecule has 1 N–H and O–H groups in total. The quantitative estimate of drug-likeness (QED) is 0.455. The molecule has 0 aliphatic rings. The molecule has 0 spiro atoms. The van der Waals surface area contributed by atoms with Crippen molar-refractivity contribution >= 4 is 33.7 Å². The maximum Gasteiger partial charge on any atom is 0.278 e. The second-order valence-electron chi connectivity index (χ2n) is 5.36. The monoisotopic (exact) mass is 402 g/mol. The van der Waals surface area contributed by atoms with Crippen LogP contribution in [0.3, 0.4) is 0 Å². The highest BCUT2D eigenvalue weighted by molar-refractivity contribution is 7.16. The molecule has 0 radical (unpaired) electrons. The first kappa shape index (κ1) is 19.4. The van der Waals surface area contributed by atoms with Gasteiger partial charge < -0.3 is 18.9 Å². The second kappa shape index (κ2) is 9.00. The molecule has 2 aromatic heterocycles. The number of hydrogen-bond donors (Lipinski definition) is 1. The summed E-state index contributed by atoms with van der Waals surface area (Å²) < 4.78 is 21.3. The van der Waals surface area contributed by atoms with Crippen molar-refractivity contribution in [2.45, 2.75) is 0 Å². The third-order valence-corrected chi connectivity index (χ3v) is 4.48. The summed E-state index contributed by atoms with van der Waals surface area (Å²) in [5.41, 5.74) is 3.06. The van der Waals surface area contributed by atoms with Crippen LogP contribution in [0.5, 0.6) is 23.1 Å². The number of aromatic nitrogens is 2. The molecule has 28 heavy (non-hydrogen) atoms. The number of carbonyl (C=O) groups excluding carboxylic acids is 1. The third-order valence-electron chi connectivity index (χ3n) is 3.66. The fourth-order valence-corrected chi connectivity index (χ4v) is 3.13. The van der Waals surface area contributed by atoms with Crippen molar-refractivity contribution in [2.24, 2.45) is 5.10 Å². The highest BCUT2D eigenvalue weighted by Crippen LogP contribution is 2.37. The van der Waals surface area contributed by atoms with Gasteiger partial charge in [-0.15, -0.1) is 11.3 Å². The van der Waals surface area contributed by atoms with Gasteiger partial charge in [-0.05, 0) is 23.6 Å². The van der Waals surface area contributed by atoms with Crippen LogP contribution in [-0.4, -0.2) is 50.0 Å². The largest absolute Gasteiger partial charge is 0.493 e. The van der Waals surface area contributed by atoms with E-state index < -0.39 is 5.91 Å². The Labute approximate surface area is 164 Å². The molecule has 3 rings (SSSR count). The molecular formula is C18H18N4O5S. The molecule has 2 heterocycles. The minimum Gasteiger partial charge on any atom is -0.493 e. The van der Waals surface area contributed by atoms with Gasteiger partial charge in [0.2, 0.25) is 11.6 Å². The highest BCUT2D eigenvalue weighted by atomic mass is 32.1. The number of amides is 1. The van der Waals surface area contributed by atoms with E-state index in [1.165, 1.54) is 45.2 Å². The summed E-state index contributed by atoms with van der Waals surface area (Å²) in [6.45, 7) is -0.228. The number of nitrogens with zero attached hydrogens (tertiary/aromatic N) is 3. The predicted molar refractivity (Wildman–Crippen MR) is 105 cm³/mol. The van der Waals surface area contributed by atoms with Gasteiger partial charge in [0.15, 0.2) is 18.1 Å². The molecule has 0 saturated heterocycles. The van der Waals surface area contributed by atoms with Crippen molar-refractivity contribution in [3.63, 3.8) is 0 Å². The van der Waals surface area contributed by atoms with Crippen molar-refractivity contribution in [2.75, 3.05) is 27.9 Å². The van der Waals surface area contributed by atoms with E-state index >= 15 is 0 Å². The molecule has 10 heteroatoms. The normalized spacial score (nSPS) is 10.8. The summed E-state index contributed by atoms with van der Waals surface area (Å²) in [5, 5.41) is 6.57. The number of nitrogens with one attached hydrogen (secondary N) is 1. The zero-order valence-corrected chi connectivity index (χ0v) is 16.3. The molecule has 9 nitrogen and oxygen atoms in total. The predicted octanol–water partition coefficient (Wildman–Crippen LogP) is 2.25. The Morgan fingerprint density at radius 3 is 2.61 bits per heavy atom. The van der Waals surface area contributed by atoms with E-state index in [1.807, 2.05) is 11.4 Å². The zero-order chi connectivity index (χ0) is 19.9. The SMILES string of the molecule is COc1cc(/C=N/NC(=O)COc2ncnc3sccc23)cc(OC)c1OC. The van der Waals surface area contributed by atoms with Crippen molar-refractivity contribution in [3.8, 4) is 23.1 Å². The summed E-state index contributed by atoms with van der Waals surface area (Å²) in [6.07, 6.45) is 2.86. The van der Waals surface area contributed by atoms with E-state index in [9.17, 15) is 4.79 Å². The lowest BCUT2D eigenvalue weighted by molar-refractivity contribution is -0.123. The van der Waals surface area contributed by atoms with Gasteiger partial charge in [-0.3, -0.25) is 4.79 Å². The summed E-state index contributed by atoms with van der Waals surface area (Å²) in [7, 11) is 4.57. The van der Waals surface area contributed by atoms with E-state index in [0.29, 0.717) is 28.7 Å². The van der Waals surface area contributed by atoms with Crippen LogP contribution < -0.4 is 24.4 Å². The minimum absolute atomic E-state index is 0.228. The number of fused-ring (bicyclic) bond motifs is 1. The van der Waals surface area contributed by atoms with Crippen LogP contribution in [0, 0.1) is 0 Å². The maximum absolute atomic E-state index is 12.0. The number of methoxy groups -OCH3 is 3. The number of ether oxygens (including phenoxy) is 4. The topological polar surface area (TPSA) is 104 Å². The average molecular weight is 402 g/mol. The molecule has 0 aliphatic carbocycles. The van der Waals surface area contributed by atoms with Gasteiger partial charge >= 0.3 is 0 Å².